The van der Waals surface area contributed by atoms with Crippen LogP contribution in [0.5, 0.6) is 0 Å². The minimum absolute atomic E-state index is 0.356. The van der Waals surface area contributed by atoms with Crippen LogP contribution < -0.4 is 0 Å². The van der Waals surface area contributed by atoms with Crippen LogP contribution in [-0.4, -0.2) is 14.7 Å². The summed E-state index contributed by atoms with van der Waals surface area (Å²) in [5, 5.41) is 11.2. The second kappa shape index (κ2) is 6.10. The molecule has 1 N–H and O–H groups in total. The number of para-hydroxylation sites is 1. The Balaban J connectivity index is 1.86. The van der Waals surface area contributed by atoms with Crippen molar-refractivity contribution in [2.45, 2.75) is 32.4 Å². The molecule has 3 rings (SSSR count). The molecule has 0 aliphatic carbocycles. The van der Waals surface area contributed by atoms with Crippen molar-refractivity contribution in [1.82, 2.24) is 9.55 Å². The molecular weight excluding hydrogens is 260 g/mol. The number of rotatable bonds is 5. The molecule has 0 aliphatic rings. The molecule has 3 aromatic rings. The lowest BCUT2D eigenvalue weighted by molar-refractivity contribution is 0.166. The Morgan fingerprint density at radius 2 is 2.05 bits per heavy atom. The highest BCUT2D eigenvalue weighted by Gasteiger charge is 2.08. The van der Waals surface area contributed by atoms with Crippen LogP contribution >= 0.6 is 0 Å². The summed E-state index contributed by atoms with van der Waals surface area (Å²) >= 11 is 0. The fourth-order valence-corrected chi connectivity index (χ4v) is 2.68. The number of hydrogen-bond donors (Lipinski definition) is 1. The lowest BCUT2D eigenvalue weighted by Gasteiger charge is -2.08. The minimum atomic E-state index is -0.356. The zero-order valence-corrected chi connectivity index (χ0v) is 12.2. The van der Waals surface area contributed by atoms with E-state index in [4.69, 9.17) is 0 Å². The molecule has 0 fully saturated rings. The van der Waals surface area contributed by atoms with Crippen molar-refractivity contribution >= 4 is 10.9 Å². The molecule has 21 heavy (non-hydrogen) atoms. The highest BCUT2D eigenvalue weighted by atomic mass is 16.3. The lowest BCUT2D eigenvalue weighted by atomic mass is 10.1. The maximum Gasteiger partial charge on any atom is 0.0804 e. The summed E-state index contributed by atoms with van der Waals surface area (Å²) in [5.74, 6) is 0. The highest BCUT2D eigenvalue weighted by Crippen LogP contribution is 2.21. The third kappa shape index (κ3) is 2.98. The average Bonchev–Trinajstić information content (AvgIpc) is 2.97. The molecule has 2 aromatic heterocycles. The molecule has 3 heteroatoms. The Morgan fingerprint density at radius 1 is 1.19 bits per heavy atom. The van der Waals surface area contributed by atoms with Gasteiger partial charge in [0.15, 0.2) is 0 Å². The van der Waals surface area contributed by atoms with Gasteiger partial charge in [0.2, 0.25) is 0 Å². The standard InChI is InChI=1S/C18H20N2O/c1-2-5-18(21)15-9-11-20(13-15)12-14-8-10-19-17-7-4-3-6-16(14)17/h3-4,6-11,13,18,21H,2,5,12H2,1H3. The van der Waals surface area contributed by atoms with Crippen LogP contribution in [0.15, 0.2) is 55.0 Å². The van der Waals surface area contributed by atoms with Gasteiger partial charge in [-0.15, -0.1) is 0 Å². The molecule has 1 aromatic carbocycles. The van der Waals surface area contributed by atoms with Crippen LogP contribution in [0, 0.1) is 0 Å². The van der Waals surface area contributed by atoms with Gasteiger partial charge in [-0.2, -0.15) is 0 Å². The second-order valence-electron chi connectivity index (χ2n) is 5.41. The molecule has 0 aliphatic heterocycles. The van der Waals surface area contributed by atoms with Gasteiger partial charge in [-0.05, 0) is 35.7 Å². The summed E-state index contributed by atoms with van der Waals surface area (Å²) in [5.41, 5.74) is 3.26. The fourth-order valence-electron chi connectivity index (χ4n) is 2.68. The lowest BCUT2D eigenvalue weighted by Crippen LogP contribution is -1.99. The van der Waals surface area contributed by atoms with E-state index in [1.807, 2.05) is 42.9 Å². The van der Waals surface area contributed by atoms with E-state index in [2.05, 4.69) is 28.6 Å². The Labute approximate surface area is 124 Å². The summed E-state index contributed by atoms with van der Waals surface area (Å²) in [7, 11) is 0. The van der Waals surface area contributed by atoms with Gasteiger partial charge in [0.25, 0.3) is 0 Å². The van der Waals surface area contributed by atoms with Gasteiger partial charge < -0.3 is 9.67 Å². The molecule has 2 heterocycles. The van der Waals surface area contributed by atoms with Gasteiger partial charge in [0, 0.05) is 30.5 Å². The van der Waals surface area contributed by atoms with Crippen LogP contribution in [0.25, 0.3) is 10.9 Å². The van der Waals surface area contributed by atoms with Crippen molar-refractivity contribution in [3.63, 3.8) is 0 Å². The van der Waals surface area contributed by atoms with Crippen LogP contribution in [0.3, 0.4) is 0 Å². The molecular formula is C18H20N2O. The molecule has 3 nitrogen and oxygen atoms in total. The first-order valence-electron chi connectivity index (χ1n) is 7.44. The normalized spacial score (nSPS) is 12.7. The van der Waals surface area contributed by atoms with Crippen molar-refractivity contribution < 1.29 is 5.11 Å². The SMILES string of the molecule is CCCC(O)c1ccn(Cc2ccnc3ccccc23)c1. The monoisotopic (exact) mass is 280 g/mol. The molecule has 0 amide bonds. The van der Waals surface area contributed by atoms with E-state index in [1.54, 1.807) is 0 Å². The van der Waals surface area contributed by atoms with Crippen LogP contribution in [0.4, 0.5) is 0 Å². The number of fused-ring (bicyclic) bond motifs is 1. The average molecular weight is 280 g/mol. The third-order valence-electron chi connectivity index (χ3n) is 3.81. The molecule has 0 radical (unpaired) electrons. The minimum Gasteiger partial charge on any atom is -0.388 e. The van der Waals surface area contributed by atoms with Gasteiger partial charge in [-0.1, -0.05) is 31.5 Å². The molecule has 0 saturated heterocycles. The Morgan fingerprint density at radius 3 is 2.90 bits per heavy atom. The summed E-state index contributed by atoms with van der Waals surface area (Å²) in [6, 6.07) is 12.3. The predicted octanol–water partition coefficient (Wildman–Crippen LogP) is 3.92. The highest BCUT2D eigenvalue weighted by molar-refractivity contribution is 5.81. The summed E-state index contributed by atoms with van der Waals surface area (Å²) in [6.45, 7) is 2.88. The summed E-state index contributed by atoms with van der Waals surface area (Å²) < 4.78 is 2.12. The van der Waals surface area contributed by atoms with Crippen LogP contribution in [0.1, 0.15) is 37.0 Å². The number of benzene rings is 1. The molecule has 108 valence electrons. The molecule has 0 saturated carbocycles. The Kier molecular flexibility index (Phi) is 4.02. The first-order valence-corrected chi connectivity index (χ1v) is 7.44. The Bertz CT molecular complexity index is 727. The van der Waals surface area contributed by atoms with Crippen molar-refractivity contribution in [3.8, 4) is 0 Å². The summed E-state index contributed by atoms with van der Waals surface area (Å²) in [4.78, 5) is 4.39. The van der Waals surface area contributed by atoms with Gasteiger partial charge in [-0.3, -0.25) is 4.98 Å². The van der Waals surface area contributed by atoms with E-state index < -0.39 is 0 Å². The Hall–Kier alpha value is -2.13. The largest absolute Gasteiger partial charge is 0.388 e. The van der Waals surface area contributed by atoms with Crippen molar-refractivity contribution in [2.75, 3.05) is 0 Å². The van der Waals surface area contributed by atoms with E-state index in [9.17, 15) is 5.11 Å². The van der Waals surface area contributed by atoms with Crippen LogP contribution in [-0.2, 0) is 6.54 Å². The maximum atomic E-state index is 10.0. The number of aliphatic hydroxyl groups excluding tert-OH is 1. The smallest absolute Gasteiger partial charge is 0.0804 e. The quantitative estimate of drug-likeness (QED) is 0.769. The maximum absolute atomic E-state index is 10.0. The van der Waals surface area contributed by atoms with Crippen molar-refractivity contribution in [2.24, 2.45) is 0 Å². The topological polar surface area (TPSA) is 38.0 Å². The number of pyridine rings is 1. The van der Waals surface area contributed by atoms with E-state index in [-0.39, 0.29) is 6.10 Å². The van der Waals surface area contributed by atoms with Crippen molar-refractivity contribution in [3.05, 3.63) is 66.1 Å². The number of aliphatic hydroxyl groups is 1. The van der Waals surface area contributed by atoms with Crippen LogP contribution in [0.2, 0.25) is 0 Å². The van der Waals surface area contributed by atoms with Gasteiger partial charge >= 0.3 is 0 Å². The molecule has 1 atom stereocenters. The number of nitrogens with zero attached hydrogens (tertiary/aromatic N) is 2. The zero-order chi connectivity index (χ0) is 14.7. The van der Waals surface area contributed by atoms with E-state index >= 15 is 0 Å². The second-order valence-corrected chi connectivity index (χ2v) is 5.41. The molecule has 0 bridgehead atoms. The van der Waals surface area contributed by atoms with Crippen molar-refractivity contribution in [1.29, 1.82) is 0 Å². The van der Waals surface area contributed by atoms with Gasteiger partial charge in [-0.25, -0.2) is 0 Å². The number of aromatic nitrogens is 2. The van der Waals surface area contributed by atoms with Gasteiger partial charge in [0.1, 0.15) is 0 Å². The number of hydrogen-bond acceptors (Lipinski definition) is 2. The molecule has 1 unspecified atom stereocenters. The predicted molar refractivity (Wildman–Crippen MR) is 85.1 cm³/mol. The zero-order valence-electron chi connectivity index (χ0n) is 12.2. The van der Waals surface area contributed by atoms with E-state index in [0.29, 0.717) is 0 Å². The molecule has 0 spiro atoms. The first-order chi connectivity index (χ1) is 10.3. The fraction of sp³-hybridized carbons (Fsp3) is 0.278. The van der Waals surface area contributed by atoms with E-state index in [1.165, 1.54) is 10.9 Å². The summed E-state index contributed by atoms with van der Waals surface area (Å²) in [6.07, 6.45) is 7.36. The van der Waals surface area contributed by atoms with Gasteiger partial charge in [0.05, 0.1) is 11.6 Å². The third-order valence-corrected chi connectivity index (χ3v) is 3.81. The first kappa shape index (κ1) is 13.8. The van der Waals surface area contributed by atoms with E-state index in [0.717, 1.165) is 30.5 Å².